The highest BCUT2D eigenvalue weighted by Gasteiger charge is 2.35. The molecule has 1 aromatic rings. The van der Waals surface area contributed by atoms with Gasteiger partial charge in [-0.25, -0.2) is 4.79 Å². The average molecular weight is 440 g/mol. The fraction of sp³-hybridized carbons (Fsp3) is 0.462. The van der Waals surface area contributed by atoms with Crippen molar-refractivity contribution in [3.63, 3.8) is 0 Å². The van der Waals surface area contributed by atoms with Gasteiger partial charge in [0.2, 0.25) is 6.23 Å². The molecule has 1 aromatic carbocycles. The van der Waals surface area contributed by atoms with E-state index >= 15 is 0 Å². The van der Waals surface area contributed by atoms with Gasteiger partial charge in [0, 0.05) is 23.2 Å². The number of aliphatic carboxylic acids is 1. The molecule has 0 saturated carbocycles. The van der Waals surface area contributed by atoms with E-state index in [1.165, 1.54) is 0 Å². The maximum atomic E-state index is 12.7. The number of carbonyl (C=O) groups excluding carboxylic acids is 1. The van der Waals surface area contributed by atoms with Gasteiger partial charge >= 0.3 is 11.9 Å². The Labute approximate surface area is 190 Å². The van der Waals surface area contributed by atoms with Crippen LogP contribution in [0.1, 0.15) is 73.3 Å². The number of carboxylic acid groups (broad SMARTS) is 1. The van der Waals surface area contributed by atoms with Gasteiger partial charge in [0.15, 0.2) is 0 Å². The zero-order chi connectivity index (χ0) is 23.4. The normalized spacial score (nSPS) is 20.1. The molecular weight excluding hydrogens is 406 g/mol. The number of esters is 1. The van der Waals surface area contributed by atoms with Gasteiger partial charge in [-0.05, 0) is 62.7 Å². The Morgan fingerprint density at radius 3 is 2.72 bits per heavy atom. The number of ether oxygens (including phenoxy) is 2. The van der Waals surface area contributed by atoms with Crippen LogP contribution in [0.3, 0.4) is 0 Å². The number of methoxy groups -OCH3 is 1. The lowest BCUT2D eigenvalue weighted by molar-refractivity contribution is -0.136. The van der Waals surface area contributed by atoms with Gasteiger partial charge in [-0.3, -0.25) is 4.79 Å². The quantitative estimate of drug-likeness (QED) is 0.405. The molecule has 2 N–H and O–H groups in total. The summed E-state index contributed by atoms with van der Waals surface area (Å²) < 4.78 is 11.4. The van der Waals surface area contributed by atoms with Crippen molar-refractivity contribution >= 4 is 11.9 Å². The van der Waals surface area contributed by atoms with Crippen molar-refractivity contribution in [2.75, 3.05) is 7.11 Å². The molecule has 32 heavy (non-hydrogen) atoms. The fourth-order valence-corrected chi connectivity index (χ4v) is 4.24. The Morgan fingerprint density at radius 2 is 2.12 bits per heavy atom. The minimum atomic E-state index is -0.812. The van der Waals surface area contributed by atoms with E-state index in [2.05, 4.69) is 37.4 Å². The molecule has 172 valence electrons. The van der Waals surface area contributed by atoms with Crippen LogP contribution in [0.15, 0.2) is 41.6 Å². The van der Waals surface area contributed by atoms with Gasteiger partial charge in [-0.2, -0.15) is 0 Å². The lowest BCUT2D eigenvalue weighted by Gasteiger charge is -2.23. The fourth-order valence-electron chi connectivity index (χ4n) is 4.24. The molecule has 1 aliphatic heterocycles. The third-order valence-electron chi connectivity index (χ3n) is 6.25. The van der Waals surface area contributed by atoms with Crippen molar-refractivity contribution in [3.05, 3.63) is 63.9 Å². The van der Waals surface area contributed by atoms with Gasteiger partial charge < -0.3 is 19.9 Å². The highest BCUT2D eigenvalue weighted by atomic mass is 16.6. The van der Waals surface area contributed by atoms with Crippen molar-refractivity contribution < 1.29 is 24.2 Å². The predicted molar refractivity (Wildman–Crippen MR) is 124 cm³/mol. The van der Waals surface area contributed by atoms with E-state index in [9.17, 15) is 9.59 Å². The summed E-state index contributed by atoms with van der Waals surface area (Å²) in [7, 11) is 1.62. The van der Waals surface area contributed by atoms with E-state index in [1.807, 2.05) is 26.0 Å². The van der Waals surface area contributed by atoms with E-state index < -0.39 is 12.2 Å². The number of fused-ring (bicyclic) bond motifs is 1. The monoisotopic (exact) mass is 439 g/mol. The smallest absolute Gasteiger partial charge is 0.340 e. The van der Waals surface area contributed by atoms with Gasteiger partial charge in [-0.15, -0.1) is 0 Å². The van der Waals surface area contributed by atoms with Crippen molar-refractivity contribution in [2.24, 2.45) is 11.8 Å². The Bertz CT molecular complexity index is 986. The summed E-state index contributed by atoms with van der Waals surface area (Å²) >= 11 is 0. The second kappa shape index (κ2) is 10.1. The first-order valence-electron chi connectivity index (χ1n) is 11.1. The number of benzene rings is 1. The molecule has 0 aromatic heterocycles. The first kappa shape index (κ1) is 23.6. The number of hydrogen-bond acceptors (Lipinski definition) is 5. The zero-order valence-corrected chi connectivity index (χ0v) is 19.5. The predicted octanol–water partition coefficient (Wildman–Crippen LogP) is 5.23. The van der Waals surface area contributed by atoms with Crippen LogP contribution in [0.4, 0.5) is 0 Å². The summed E-state index contributed by atoms with van der Waals surface area (Å²) in [5.74, 6) is 0.671. The number of hydrogen-bond donors (Lipinski definition) is 2. The minimum absolute atomic E-state index is 0.102. The molecule has 1 aliphatic carbocycles. The van der Waals surface area contributed by atoms with Crippen LogP contribution < -0.4 is 10.1 Å². The Balaban J connectivity index is 1.83. The van der Waals surface area contributed by atoms with Crippen LogP contribution >= 0.6 is 0 Å². The van der Waals surface area contributed by atoms with Gasteiger partial charge in [0.1, 0.15) is 5.75 Å². The third-order valence-corrected chi connectivity index (χ3v) is 6.25. The SMILES string of the molecule is COc1c(C/C=C(\C)CCC(=O)O)cc2c(c1C)C(NC1=CCC(C(C)C)C=C1)OC2=O. The van der Waals surface area contributed by atoms with Crippen molar-refractivity contribution in [1.29, 1.82) is 0 Å². The number of rotatable bonds is 9. The second-order valence-corrected chi connectivity index (χ2v) is 8.90. The molecule has 0 spiro atoms. The summed E-state index contributed by atoms with van der Waals surface area (Å²) in [6, 6.07) is 1.84. The molecule has 3 rings (SSSR count). The van der Waals surface area contributed by atoms with E-state index in [-0.39, 0.29) is 12.4 Å². The van der Waals surface area contributed by atoms with Gasteiger partial charge in [0.05, 0.1) is 12.7 Å². The molecule has 6 nitrogen and oxygen atoms in total. The molecule has 6 heteroatoms. The van der Waals surface area contributed by atoms with Crippen molar-refractivity contribution in [3.8, 4) is 5.75 Å². The Kier molecular flexibility index (Phi) is 7.44. The second-order valence-electron chi connectivity index (χ2n) is 8.90. The van der Waals surface area contributed by atoms with Crippen LogP contribution in [0.25, 0.3) is 0 Å². The topological polar surface area (TPSA) is 84.9 Å². The first-order chi connectivity index (χ1) is 15.2. The molecule has 2 unspecified atom stereocenters. The van der Waals surface area contributed by atoms with Crippen molar-refractivity contribution in [1.82, 2.24) is 5.32 Å². The van der Waals surface area contributed by atoms with Crippen LogP contribution in [0.2, 0.25) is 0 Å². The van der Waals surface area contributed by atoms with E-state index in [0.717, 1.165) is 40.1 Å². The van der Waals surface area contributed by atoms with Crippen molar-refractivity contribution in [2.45, 2.75) is 59.6 Å². The standard InChI is InChI=1S/C26H33NO5/c1-15(2)18-9-11-20(12-10-18)27-25-23-17(4)24(31-5)19(14-21(23)26(30)32-25)8-6-16(3)7-13-22(28)29/h6,9,11-12,14-15,18,25,27H,7-8,10,13H2,1-5H3,(H,28,29)/b16-6+. The molecular formula is C26H33NO5. The molecule has 1 heterocycles. The third kappa shape index (κ3) is 5.23. The van der Waals surface area contributed by atoms with Gasteiger partial charge in [0.25, 0.3) is 0 Å². The van der Waals surface area contributed by atoms with E-state index in [1.54, 1.807) is 7.11 Å². The minimum Gasteiger partial charge on any atom is -0.496 e. The average Bonchev–Trinajstić information content (AvgIpc) is 3.06. The lowest BCUT2D eigenvalue weighted by atomic mass is 9.89. The number of carbonyl (C=O) groups is 2. The van der Waals surface area contributed by atoms with Crippen LogP contribution in [-0.4, -0.2) is 24.2 Å². The number of cyclic esters (lactones) is 1. The Hall–Kier alpha value is -3.02. The summed E-state index contributed by atoms with van der Waals surface area (Å²) in [4.78, 5) is 23.5. The molecule has 0 radical (unpaired) electrons. The number of allylic oxidation sites excluding steroid dienone is 5. The highest BCUT2D eigenvalue weighted by Crippen LogP contribution is 2.39. The molecule has 2 atom stereocenters. The Morgan fingerprint density at radius 1 is 1.38 bits per heavy atom. The first-order valence-corrected chi connectivity index (χ1v) is 11.1. The lowest BCUT2D eigenvalue weighted by Crippen LogP contribution is -2.22. The summed E-state index contributed by atoms with van der Waals surface area (Å²) in [5, 5.41) is 12.2. The summed E-state index contributed by atoms with van der Waals surface area (Å²) in [6.07, 6.45) is 9.97. The maximum absolute atomic E-state index is 12.7. The molecule has 0 amide bonds. The molecule has 2 aliphatic rings. The summed E-state index contributed by atoms with van der Waals surface area (Å²) in [5.41, 5.74) is 5.06. The number of nitrogens with one attached hydrogen (secondary N) is 1. The van der Waals surface area contributed by atoms with E-state index in [4.69, 9.17) is 14.6 Å². The highest BCUT2D eigenvalue weighted by molar-refractivity contribution is 5.95. The molecule has 0 fully saturated rings. The zero-order valence-electron chi connectivity index (χ0n) is 19.5. The largest absolute Gasteiger partial charge is 0.496 e. The van der Waals surface area contributed by atoms with Crippen LogP contribution in [0, 0.1) is 18.8 Å². The van der Waals surface area contributed by atoms with Crippen LogP contribution in [-0.2, 0) is 16.0 Å². The summed E-state index contributed by atoms with van der Waals surface area (Å²) in [6.45, 7) is 8.29. The maximum Gasteiger partial charge on any atom is 0.340 e. The van der Waals surface area contributed by atoms with Crippen LogP contribution in [0.5, 0.6) is 5.75 Å². The number of carboxylic acids is 1. The molecule has 0 saturated heterocycles. The van der Waals surface area contributed by atoms with Gasteiger partial charge in [-0.1, -0.05) is 37.6 Å². The van der Waals surface area contributed by atoms with E-state index in [0.29, 0.717) is 30.2 Å². The molecule has 0 bridgehead atoms.